The summed E-state index contributed by atoms with van der Waals surface area (Å²) < 4.78 is 18.0. The predicted molar refractivity (Wildman–Crippen MR) is 64.3 cm³/mol. The molecule has 1 aromatic rings. The fraction of sp³-hybridized carbons (Fsp3) is 0.385. The van der Waals surface area contributed by atoms with Crippen LogP contribution in [-0.2, 0) is 4.79 Å². The molecule has 0 bridgehead atoms. The van der Waals surface area contributed by atoms with Crippen LogP contribution >= 0.6 is 0 Å². The van der Waals surface area contributed by atoms with Crippen LogP contribution in [0.3, 0.4) is 0 Å². The predicted octanol–water partition coefficient (Wildman–Crippen LogP) is 1.87. The van der Waals surface area contributed by atoms with E-state index in [-0.39, 0.29) is 30.7 Å². The molecule has 0 aliphatic rings. The monoisotopic (exact) mass is 250 g/mol. The van der Waals surface area contributed by atoms with Gasteiger partial charge in [0, 0.05) is 6.54 Å². The second kappa shape index (κ2) is 7.28. The Bertz CT molecular complexity index is 426. The highest BCUT2D eigenvalue weighted by atomic mass is 19.1. The molecule has 4 nitrogen and oxygen atoms in total. The Hall–Kier alpha value is -2.09. The van der Waals surface area contributed by atoms with Crippen molar-refractivity contribution in [2.24, 2.45) is 5.92 Å². The summed E-state index contributed by atoms with van der Waals surface area (Å²) in [5, 5.41) is 11.0. The van der Waals surface area contributed by atoms with Crippen molar-refractivity contribution < 1.29 is 13.9 Å². The number of hydrogen-bond donors (Lipinski definition) is 1. The van der Waals surface area contributed by atoms with Crippen LogP contribution in [0.25, 0.3) is 0 Å². The molecule has 1 rings (SSSR count). The molecule has 1 aromatic carbocycles. The van der Waals surface area contributed by atoms with Gasteiger partial charge in [-0.2, -0.15) is 5.26 Å². The molecule has 18 heavy (non-hydrogen) atoms. The van der Waals surface area contributed by atoms with E-state index in [0.29, 0.717) is 12.3 Å². The van der Waals surface area contributed by atoms with Gasteiger partial charge in [0.1, 0.15) is 11.6 Å². The number of nitriles is 1. The van der Waals surface area contributed by atoms with Gasteiger partial charge in [-0.25, -0.2) is 4.39 Å². The van der Waals surface area contributed by atoms with E-state index in [1.165, 1.54) is 24.3 Å². The molecule has 0 aliphatic heterocycles. The SMILES string of the molecule is CC(COc1ccc(F)cc1)C(=O)NCCC#N. The minimum absolute atomic E-state index is 0.160. The van der Waals surface area contributed by atoms with Crippen molar-refractivity contribution in [2.45, 2.75) is 13.3 Å². The summed E-state index contributed by atoms with van der Waals surface area (Å²) in [5.74, 6) is -0.293. The third-order valence-electron chi connectivity index (χ3n) is 2.30. The van der Waals surface area contributed by atoms with E-state index in [4.69, 9.17) is 10.00 Å². The van der Waals surface area contributed by atoms with Crippen molar-refractivity contribution >= 4 is 5.91 Å². The summed E-state index contributed by atoms with van der Waals surface area (Å²) in [4.78, 5) is 11.5. The lowest BCUT2D eigenvalue weighted by atomic mass is 10.2. The molecule has 0 aromatic heterocycles. The average molecular weight is 250 g/mol. The van der Waals surface area contributed by atoms with Crippen LogP contribution in [0.4, 0.5) is 4.39 Å². The first kappa shape index (κ1) is 14.0. The smallest absolute Gasteiger partial charge is 0.226 e. The molecule has 0 heterocycles. The van der Waals surface area contributed by atoms with Crippen molar-refractivity contribution in [3.8, 4) is 11.8 Å². The Labute approximate surface area is 105 Å². The highest BCUT2D eigenvalue weighted by molar-refractivity contribution is 5.78. The summed E-state index contributed by atoms with van der Waals surface area (Å²) in [6.07, 6.45) is 0.289. The molecule has 1 atom stereocenters. The van der Waals surface area contributed by atoms with Crippen LogP contribution in [0.15, 0.2) is 24.3 Å². The molecule has 0 radical (unpaired) electrons. The van der Waals surface area contributed by atoms with E-state index >= 15 is 0 Å². The molecule has 1 N–H and O–H groups in total. The van der Waals surface area contributed by atoms with E-state index in [0.717, 1.165) is 0 Å². The van der Waals surface area contributed by atoms with Gasteiger partial charge in [-0.15, -0.1) is 0 Å². The number of halogens is 1. The van der Waals surface area contributed by atoms with Crippen LogP contribution in [0.1, 0.15) is 13.3 Å². The zero-order valence-corrected chi connectivity index (χ0v) is 10.1. The molecule has 0 saturated heterocycles. The van der Waals surface area contributed by atoms with E-state index in [9.17, 15) is 9.18 Å². The molecule has 1 unspecified atom stereocenters. The molecule has 0 fully saturated rings. The normalized spacial score (nSPS) is 11.4. The number of carbonyl (C=O) groups is 1. The Morgan fingerprint density at radius 2 is 2.17 bits per heavy atom. The van der Waals surface area contributed by atoms with Crippen molar-refractivity contribution in [2.75, 3.05) is 13.2 Å². The van der Waals surface area contributed by atoms with E-state index in [1.54, 1.807) is 6.92 Å². The van der Waals surface area contributed by atoms with Crippen LogP contribution in [0.2, 0.25) is 0 Å². The number of hydrogen-bond acceptors (Lipinski definition) is 3. The molecule has 0 saturated carbocycles. The minimum atomic E-state index is -0.329. The Balaban J connectivity index is 2.32. The van der Waals surface area contributed by atoms with Crippen LogP contribution in [0.5, 0.6) is 5.75 Å². The fourth-order valence-electron chi connectivity index (χ4n) is 1.24. The second-order valence-corrected chi connectivity index (χ2v) is 3.87. The first-order valence-electron chi connectivity index (χ1n) is 5.66. The minimum Gasteiger partial charge on any atom is -0.493 e. The van der Waals surface area contributed by atoms with Gasteiger partial charge in [-0.05, 0) is 24.3 Å². The topological polar surface area (TPSA) is 62.1 Å². The molecular weight excluding hydrogens is 235 g/mol. The van der Waals surface area contributed by atoms with Crippen LogP contribution in [-0.4, -0.2) is 19.1 Å². The maximum Gasteiger partial charge on any atom is 0.226 e. The first-order valence-corrected chi connectivity index (χ1v) is 5.66. The average Bonchev–Trinajstić information content (AvgIpc) is 2.38. The van der Waals surface area contributed by atoms with E-state index < -0.39 is 0 Å². The quantitative estimate of drug-likeness (QED) is 0.784. The summed E-state index contributed by atoms with van der Waals surface area (Å²) in [7, 11) is 0. The van der Waals surface area contributed by atoms with Crippen LogP contribution in [0, 0.1) is 23.1 Å². The second-order valence-electron chi connectivity index (χ2n) is 3.87. The van der Waals surface area contributed by atoms with Gasteiger partial charge >= 0.3 is 0 Å². The molecule has 0 aliphatic carbocycles. The number of carbonyl (C=O) groups excluding carboxylic acids is 1. The number of amides is 1. The summed E-state index contributed by atoms with van der Waals surface area (Å²) >= 11 is 0. The van der Waals surface area contributed by atoms with Crippen molar-refractivity contribution in [1.82, 2.24) is 5.32 Å². The Morgan fingerprint density at radius 1 is 1.50 bits per heavy atom. The van der Waals surface area contributed by atoms with Crippen molar-refractivity contribution in [1.29, 1.82) is 5.26 Å². The van der Waals surface area contributed by atoms with Gasteiger partial charge in [0.05, 0.1) is 25.0 Å². The molecule has 0 spiro atoms. The molecule has 96 valence electrons. The zero-order valence-electron chi connectivity index (χ0n) is 10.1. The summed E-state index contributed by atoms with van der Waals surface area (Å²) in [5.41, 5.74) is 0. The van der Waals surface area contributed by atoms with Gasteiger partial charge in [0.2, 0.25) is 5.91 Å². The van der Waals surface area contributed by atoms with Gasteiger partial charge < -0.3 is 10.1 Å². The van der Waals surface area contributed by atoms with Gasteiger partial charge in [0.25, 0.3) is 0 Å². The maximum atomic E-state index is 12.6. The summed E-state index contributed by atoms with van der Waals surface area (Å²) in [6, 6.07) is 7.56. The molecule has 5 heteroatoms. The van der Waals surface area contributed by atoms with Crippen LogP contribution < -0.4 is 10.1 Å². The first-order chi connectivity index (χ1) is 8.63. The standard InChI is InChI=1S/C13H15FN2O2/c1-10(13(17)16-8-2-7-15)9-18-12-5-3-11(14)4-6-12/h3-6,10H,2,8-9H2,1H3,(H,16,17). The van der Waals surface area contributed by atoms with E-state index in [1.807, 2.05) is 6.07 Å². The highest BCUT2D eigenvalue weighted by Gasteiger charge is 2.12. The molecular formula is C13H15FN2O2. The number of benzene rings is 1. The third-order valence-corrected chi connectivity index (χ3v) is 2.30. The number of ether oxygens (including phenoxy) is 1. The highest BCUT2D eigenvalue weighted by Crippen LogP contribution is 2.12. The zero-order chi connectivity index (χ0) is 13.4. The summed E-state index contributed by atoms with van der Waals surface area (Å²) in [6.45, 7) is 2.28. The van der Waals surface area contributed by atoms with Gasteiger partial charge in [-0.1, -0.05) is 6.92 Å². The van der Waals surface area contributed by atoms with Gasteiger partial charge in [-0.3, -0.25) is 4.79 Å². The lowest BCUT2D eigenvalue weighted by Gasteiger charge is -2.12. The lowest BCUT2D eigenvalue weighted by molar-refractivity contribution is -0.125. The number of nitrogens with zero attached hydrogens (tertiary/aromatic N) is 1. The Kier molecular flexibility index (Phi) is 5.65. The largest absolute Gasteiger partial charge is 0.493 e. The van der Waals surface area contributed by atoms with E-state index in [2.05, 4.69) is 5.32 Å². The lowest BCUT2D eigenvalue weighted by Crippen LogP contribution is -2.32. The fourth-order valence-corrected chi connectivity index (χ4v) is 1.24. The molecule has 1 amide bonds. The van der Waals surface area contributed by atoms with Crippen molar-refractivity contribution in [3.05, 3.63) is 30.1 Å². The van der Waals surface area contributed by atoms with Gasteiger partial charge in [0.15, 0.2) is 0 Å². The third kappa shape index (κ3) is 4.83. The number of nitrogens with one attached hydrogen (secondary N) is 1. The Morgan fingerprint density at radius 3 is 2.78 bits per heavy atom. The van der Waals surface area contributed by atoms with Crippen molar-refractivity contribution in [3.63, 3.8) is 0 Å². The number of rotatable bonds is 6. The maximum absolute atomic E-state index is 12.6.